The number of piperidine rings is 1. The highest BCUT2D eigenvalue weighted by Gasteiger charge is 2.13. The van der Waals surface area contributed by atoms with Crippen LogP contribution in [-0.4, -0.2) is 75.0 Å². The summed E-state index contributed by atoms with van der Waals surface area (Å²) in [5.74, 6) is 1.47. The average Bonchev–Trinajstić information content (AvgIpc) is 2.72. The molecule has 0 radical (unpaired) electrons. The van der Waals surface area contributed by atoms with Crippen LogP contribution < -0.4 is 10.6 Å². The fourth-order valence-corrected chi connectivity index (χ4v) is 3.67. The van der Waals surface area contributed by atoms with E-state index in [1.54, 1.807) is 19.0 Å². The Morgan fingerprint density at radius 2 is 1.93 bits per heavy atom. The van der Waals surface area contributed by atoms with Crippen molar-refractivity contribution in [3.05, 3.63) is 35.4 Å². The number of rotatable bonds is 9. The number of guanidine groups is 1. The van der Waals surface area contributed by atoms with Crippen molar-refractivity contribution in [1.82, 2.24) is 20.4 Å². The highest BCUT2D eigenvalue weighted by molar-refractivity contribution is 14.0. The van der Waals surface area contributed by atoms with Gasteiger partial charge in [0.2, 0.25) is 0 Å². The number of hydrogen-bond donors (Lipinski definition) is 2. The van der Waals surface area contributed by atoms with Gasteiger partial charge in [0.25, 0.3) is 5.91 Å². The van der Waals surface area contributed by atoms with Crippen molar-refractivity contribution >= 4 is 35.8 Å². The van der Waals surface area contributed by atoms with Crippen LogP contribution in [0, 0.1) is 5.92 Å². The Morgan fingerprint density at radius 3 is 2.60 bits per heavy atom. The number of nitrogens with zero attached hydrogens (tertiary/aromatic N) is 3. The van der Waals surface area contributed by atoms with Gasteiger partial charge in [-0.15, -0.1) is 24.0 Å². The first-order chi connectivity index (χ1) is 14.0. The van der Waals surface area contributed by atoms with Gasteiger partial charge in [0, 0.05) is 45.8 Å². The van der Waals surface area contributed by atoms with Gasteiger partial charge in [-0.25, -0.2) is 0 Å². The Bertz CT molecular complexity index is 659. The molecule has 7 heteroatoms. The number of aliphatic imine (C=N–C) groups is 1. The molecule has 0 aliphatic carbocycles. The molecule has 0 aromatic heterocycles. The van der Waals surface area contributed by atoms with Gasteiger partial charge in [0.1, 0.15) is 0 Å². The van der Waals surface area contributed by atoms with E-state index in [4.69, 9.17) is 4.99 Å². The van der Waals surface area contributed by atoms with Crippen molar-refractivity contribution < 1.29 is 4.79 Å². The Kier molecular flexibility index (Phi) is 13.0. The zero-order valence-corrected chi connectivity index (χ0v) is 21.4. The molecule has 2 rings (SSSR count). The summed E-state index contributed by atoms with van der Waals surface area (Å²) in [4.78, 5) is 21.1. The van der Waals surface area contributed by atoms with Gasteiger partial charge in [-0.3, -0.25) is 9.79 Å². The lowest BCUT2D eigenvalue weighted by molar-refractivity contribution is 0.0827. The second-order valence-corrected chi connectivity index (χ2v) is 8.26. The highest BCUT2D eigenvalue weighted by atomic mass is 127. The summed E-state index contributed by atoms with van der Waals surface area (Å²) in [7, 11) is 3.56. The lowest BCUT2D eigenvalue weighted by atomic mass is 10.1. The van der Waals surface area contributed by atoms with E-state index < -0.39 is 0 Å². The molecule has 1 unspecified atom stereocenters. The van der Waals surface area contributed by atoms with Crippen LogP contribution in [0.3, 0.4) is 0 Å². The van der Waals surface area contributed by atoms with Gasteiger partial charge in [-0.05, 0) is 62.9 Å². The van der Waals surface area contributed by atoms with Crippen LogP contribution in [0.4, 0.5) is 0 Å². The van der Waals surface area contributed by atoms with Crippen LogP contribution in [0.1, 0.15) is 49.0 Å². The van der Waals surface area contributed by atoms with Gasteiger partial charge in [-0.2, -0.15) is 0 Å². The molecular weight excluding hydrogens is 489 g/mol. The third kappa shape index (κ3) is 9.64. The molecule has 1 aromatic rings. The molecule has 6 nitrogen and oxygen atoms in total. The fraction of sp³-hybridized carbons (Fsp3) is 0.652. The van der Waals surface area contributed by atoms with Crippen molar-refractivity contribution in [3.8, 4) is 0 Å². The number of hydrogen-bond acceptors (Lipinski definition) is 3. The third-order valence-electron chi connectivity index (χ3n) is 5.21. The summed E-state index contributed by atoms with van der Waals surface area (Å²) in [6, 6.07) is 7.87. The molecule has 1 fully saturated rings. The van der Waals surface area contributed by atoms with Crippen LogP contribution in [0.5, 0.6) is 0 Å². The number of benzene rings is 1. The summed E-state index contributed by atoms with van der Waals surface area (Å²) in [6.07, 6.45) is 4.90. The van der Waals surface area contributed by atoms with Gasteiger partial charge >= 0.3 is 0 Å². The summed E-state index contributed by atoms with van der Waals surface area (Å²) >= 11 is 0. The lowest BCUT2D eigenvalue weighted by Crippen LogP contribution is -2.39. The van der Waals surface area contributed by atoms with Crippen LogP contribution >= 0.6 is 24.0 Å². The monoisotopic (exact) mass is 529 g/mol. The summed E-state index contributed by atoms with van der Waals surface area (Å²) in [5, 5.41) is 6.77. The predicted molar refractivity (Wildman–Crippen MR) is 137 cm³/mol. The molecular formula is C23H40IN5O. The SMILES string of the molecule is CCNC(=NCC(C)CN1CCCCC1)NCCc1cccc(C(=O)N(C)C)c1.I. The van der Waals surface area contributed by atoms with E-state index in [1.165, 1.54) is 32.4 Å². The largest absolute Gasteiger partial charge is 0.357 e. The van der Waals surface area contributed by atoms with Gasteiger partial charge in [-0.1, -0.05) is 25.5 Å². The van der Waals surface area contributed by atoms with E-state index in [-0.39, 0.29) is 29.9 Å². The Labute approximate surface area is 199 Å². The molecule has 1 aliphatic heterocycles. The van der Waals surface area contributed by atoms with E-state index in [9.17, 15) is 4.79 Å². The molecule has 0 spiro atoms. The molecule has 1 heterocycles. The fourth-order valence-electron chi connectivity index (χ4n) is 3.67. The van der Waals surface area contributed by atoms with Gasteiger partial charge in [0.15, 0.2) is 5.96 Å². The minimum Gasteiger partial charge on any atom is -0.357 e. The maximum atomic E-state index is 12.1. The van der Waals surface area contributed by atoms with Crippen molar-refractivity contribution in [2.45, 2.75) is 39.5 Å². The second kappa shape index (κ2) is 14.6. The average molecular weight is 530 g/mol. The van der Waals surface area contributed by atoms with Gasteiger partial charge in [0.05, 0.1) is 0 Å². The van der Waals surface area contributed by atoms with E-state index in [0.29, 0.717) is 5.92 Å². The molecule has 0 saturated carbocycles. The van der Waals surface area contributed by atoms with Crippen LogP contribution in [0.25, 0.3) is 0 Å². The summed E-state index contributed by atoms with van der Waals surface area (Å²) < 4.78 is 0. The normalized spacial score (nSPS) is 15.8. The molecule has 30 heavy (non-hydrogen) atoms. The van der Waals surface area contributed by atoms with Crippen molar-refractivity contribution in [3.63, 3.8) is 0 Å². The molecule has 1 saturated heterocycles. The smallest absolute Gasteiger partial charge is 0.253 e. The first-order valence-corrected chi connectivity index (χ1v) is 11.0. The lowest BCUT2D eigenvalue weighted by Gasteiger charge is -2.28. The molecule has 2 N–H and O–H groups in total. The molecule has 1 aromatic carbocycles. The zero-order chi connectivity index (χ0) is 21.1. The molecule has 0 bridgehead atoms. The molecule has 1 atom stereocenters. The first kappa shape index (κ1) is 26.7. The quantitative estimate of drug-likeness (QED) is 0.293. The van der Waals surface area contributed by atoms with Crippen molar-refractivity contribution in [2.75, 3.05) is 53.4 Å². The maximum absolute atomic E-state index is 12.1. The van der Waals surface area contributed by atoms with Crippen LogP contribution in [0.2, 0.25) is 0 Å². The Morgan fingerprint density at radius 1 is 1.20 bits per heavy atom. The van der Waals surface area contributed by atoms with Crippen LogP contribution in [-0.2, 0) is 6.42 Å². The van der Waals surface area contributed by atoms with Crippen molar-refractivity contribution in [2.24, 2.45) is 10.9 Å². The van der Waals surface area contributed by atoms with E-state index >= 15 is 0 Å². The van der Waals surface area contributed by atoms with E-state index in [0.717, 1.165) is 49.7 Å². The number of likely N-dealkylation sites (tertiary alicyclic amines) is 1. The van der Waals surface area contributed by atoms with Gasteiger partial charge < -0.3 is 20.4 Å². The maximum Gasteiger partial charge on any atom is 0.253 e. The third-order valence-corrected chi connectivity index (χ3v) is 5.21. The summed E-state index contributed by atoms with van der Waals surface area (Å²) in [5.41, 5.74) is 1.89. The minimum atomic E-state index is 0. The molecule has 1 aliphatic rings. The van der Waals surface area contributed by atoms with E-state index in [2.05, 4.69) is 35.4 Å². The summed E-state index contributed by atoms with van der Waals surface area (Å²) in [6.45, 7) is 10.4. The number of carbonyl (C=O) groups is 1. The Balaban J connectivity index is 0.00000450. The highest BCUT2D eigenvalue weighted by Crippen LogP contribution is 2.11. The molecule has 1 amide bonds. The molecule has 170 valence electrons. The zero-order valence-electron chi connectivity index (χ0n) is 19.1. The predicted octanol–water partition coefficient (Wildman–Crippen LogP) is 3.23. The number of carbonyl (C=O) groups excluding carboxylic acids is 1. The Hall–Kier alpha value is -1.35. The van der Waals surface area contributed by atoms with Crippen LogP contribution in [0.15, 0.2) is 29.3 Å². The number of amides is 1. The van der Waals surface area contributed by atoms with Crippen molar-refractivity contribution in [1.29, 1.82) is 0 Å². The minimum absolute atomic E-state index is 0. The number of nitrogens with one attached hydrogen (secondary N) is 2. The standard InChI is InChI=1S/C23H39N5O.HI/c1-5-24-23(26-17-19(2)18-28-14-7-6-8-15-28)25-13-12-20-10-9-11-21(16-20)22(29)27(3)4;/h9-11,16,19H,5-8,12-15,17-18H2,1-4H3,(H2,24,25,26);1H. The first-order valence-electron chi connectivity index (χ1n) is 11.0. The topological polar surface area (TPSA) is 60.0 Å². The second-order valence-electron chi connectivity index (χ2n) is 8.26. The van der Waals surface area contributed by atoms with E-state index in [1.807, 2.05) is 18.2 Å². The number of halogens is 1.